The number of aromatic nitrogens is 3. The Balaban J connectivity index is 1.33. The van der Waals surface area contributed by atoms with Crippen LogP contribution in [0.5, 0.6) is 11.5 Å². The first-order chi connectivity index (χ1) is 22.3. The normalized spacial score (nSPS) is 12.5. The molecule has 0 fully saturated rings. The molecule has 5 rings (SSSR count). The molecular weight excluding hydrogens is 634 g/mol. The molecule has 2 N–H and O–H groups in total. The molecule has 1 aliphatic carbocycles. The lowest BCUT2D eigenvalue weighted by molar-refractivity contribution is -0.113. The Bertz CT molecular complexity index is 1700. The minimum Gasteiger partial charge on any atom is -0.497 e. The van der Waals surface area contributed by atoms with Crippen LogP contribution in [0, 0.1) is 5.82 Å². The molecule has 2 amide bonds. The number of nitrogens with zero attached hydrogens (tertiary/aromatic N) is 3. The van der Waals surface area contributed by atoms with E-state index in [1.54, 1.807) is 41.8 Å². The highest BCUT2D eigenvalue weighted by molar-refractivity contribution is 7.99. The number of thioether (sulfide) groups is 1. The Labute approximate surface area is 273 Å². The summed E-state index contributed by atoms with van der Waals surface area (Å²) < 4.78 is 31.3. The number of esters is 1. The van der Waals surface area contributed by atoms with Crippen molar-refractivity contribution in [3.63, 3.8) is 0 Å². The number of halogens is 1. The van der Waals surface area contributed by atoms with Crippen LogP contribution in [0.2, 0.25) is 0 Å². The molecule has 0 saturated heterocycles. The van der Waals surface area contributed by atoms with Crippen molar-refractivity contribution in [2.24, 2.45) is 0 Å². The predicted octanol–water partition coefficient (Wildman–Crippen LogP) is 5.59. The number of fused-ring (bicyclic) bond motifs is 1. The number of rotatable bonds is 12. The minimum atomic E-state index is -0.431. The van der Waals surface area contributed by atoms with Crippen LogP contribution in [0.15, 0.2) is 47.6 Å². The fourth-order valence-corrected chi connectivity index (χ4v) is 7.16. The van der Waals surface area contributed by atoms with Gasteiger partial charge >= 0.3 is 5.97 Å². The summed E-state index contributed by atoms with van der Waals surface area (Å²) in [5.41, 5.74) is 2.29. The number of methoxy groups -OCH3 is 2. The van der Waals surface area contributed by atoms with Crippen molar-refractivity contribution in [3.05, 3.63) is 75.7 Å². The summed E-state index contributed by atoms with van der Waals surface area (Å²) in [7, 11) is 2.99. The number of hydrogen-bond donors (Lipinski definition) is 2. The average molecular weight is 668 g/mol. The van der Waals surface area contributed by atoms with Gasteiger partial charge in [-0.25, -0.2) is 9.18 Å². The van der Waals surface area contributed by atoms with E-state index >= 15 is 0 Å². The third kappa shape index (κ3) is 7.68. The zero-order valence-electron chi connectivity index (χ0n) is 25.7. The smallest absolute Gasteiger partial charge is 0.341 e. The number of hydrogen-bond acceptors (Lipinski definition) is 10. The number of nitrogens with one attached hydrogen (secondary N) is 2. The van der Waals surface area contributed by atoms with Crippen LogP contribution in [0.25, 0.3) is 5.69 Å². The van der Waals surface area contributed by atoms with E-state index in [2.05, 4.69) is 20.8 Å². The molecule has 0 bridgehead atoms. The number of thiophene rings is 1. The second-order valence-electron chi connectivity index (χ2n) is 10.3. The Hall–Kier alpha value is -4.43. The van der Waals surface area contributed by atoms with Crippen molar-refractivity contribution in [2.75, 3.05) is 31.9 Å². The van der Waals surface area contributed by atoms with Crippen LogP contribution in [-0.4, -0.2) is 59.1 Å². The Kier molecular flexibility index (Phi) is 10.9. The van der Waals surface area contributed by atoms with Gasteiger partial charge in [-0.3, -0.25) is 14.2 Å². The predicted molar refractivity (Wildman–Crippen MR) is 173 cm³/mol. The van der Waals surface area contributed by atoms with Crippen molar-refractivity contribution in [3.8, 4) is 17.2 Å². The van der Waals surface area contributed by atoms with Crippen LogP contribution < -0.4 is 20.1 Å². The number of ether oxygens (including phenoxy) is 3. The van der Waals surface area contributed by atoms with Crippen molar-refractivity contribution < 1.29 is 33.0 Å². The zero-order valence-corrected chi connectivity index (χ0v) is 27.3. The van der Waals surface area contributed by atoms with Crippen molar-refractivity contribution in [1.29, 1.82) is 0 Å². The van der Waals surface area contributed by atoms with E-state index in [0.29, 0.717) is 44.3 Å². The SMILES string of the molecule is CCOC(=O)c1c(NC(=O)CSc2nnc(CNC(=O)c3cc(OC)cc(OC)c3)n2-c2ccc(F)cc2)sc2c1CCCCC2. The number of aryl methyl sites for hydroxylation is 1. The van der Waals surface area contributed by atoms with Gasteiger partial charge in [0.1, 0.15) is 22.3 Å². The van der Waals surface area contributed by atoms with Crippen molar-refractivity contribution in [1.82, 2.24) is 20.1 Å². The minimum absolute atomic E-state index is 0.0147. The molecule has 2 aromatic heterocycles. The Morgan fingerprint density at radius 2 is 1.72 bits per heavy atom. The van der Waals surface area contributed by atoms with Gasteiger partial charge in [-0.2, -0.15) is 0 Å². The molecular formula is C32H34FN5O6S2. The third-order valence-electron chi connectivity index (χ3n) is 7.29. The quantitative estimate of drug-likeness (QED) is 0.113. The maximum absolute atomic E-state index is 13.8. The second kappa shape index (κ2) is 15.2. The lowest BCUT2D eigenvalue weighted by Crippen LogP contribution is -2.24. The number of amides is 2. The summed E-state index contributed by atoms with van der Waals surface area (Å²) in [6.45, 7) is 1.98. The van der Waals surface area contributed by atoms with Crippen LogP contribution in [-0.2, 0) is 28.9 Å². The van der Waals surface area contributed by atoms with Gasteiger partial charge in [0.05, 0.1) is 38.7 Å². The molecule has 0 spiro atoms. The van der Waals surface area contributed by atoms with Gasteiger partial charge in [0.25, 0.3) is 5.91 Å². The monoisotopic (exact) mass is 667 g/mol. The summed E-state index contributed by atoms with van der Waals surface area (Å²) in [6, 6.07) is 10.6. The summed E-state index contributed by atoms with van der Waals surface area (Å²) in [6.07, 6.45) is 4.75. The van der Waals surface area contributed by atoms with E-state index in [9.17, 15) is 18.8 Å². The second-order valence-corrected chi connectivity index (χ2v) is 12.4. The summed E-state index contributed by atoms with van der Waals surface area (Å²) in [5, 5.41) is 15.1. The molecule has 242 valence electrons. The molecule has 0 unspecified atom stereocenters. The van der Waals surface area contributed by atoms with Gasteiger partial charge < -0.3 is 24.8 Å². The first-order valence-corrected chi connectivity index (χ1v) is 16.6. The molecule has 0 radical (unpaired) electrons. The molecule has 46 heavy (non-hydrogen) atoms. The Morgan fingerprint density at radius 3 is 2.41 bits per heavy atom. The van der Waals surface area contributed by atoms with Gasteiger partial charge in [-0.15, -0.1) is 21.5 Å². The maximum Gasteiger partial charge on any atom is 0.341 e. The summed E-state index contributed by atoms with van der Waals surface area (Å²) >= 11 is 2.55. The number of carbonyl (C=O) groups is 3. The van der Waals surface area contributed by atoms with Gasteiger partial charge in [-0.05, 0) is 74.6 Å². The highest BCUT2D eigenvalue weighted by Crippen LogP contribution is 2.38. The fraction of sp³-hybridized carbons (Fsp3) is 0.344. The topological polar surface area (TPSA) is 134 Å². The van der Waals surface area contributed by atoms with Crippen molar-refractivity contribution in [2.45, 2.75) is 50.7 Å². The van der Waals surface area contributed by atoms with Crippen molar-refractivity contribution >= 4 is 45.9 Å². The number of benzene rings is 2. The maximum atomic E-state index is 13.8. The first-order valence-electron chi connectivity index (χ1n) is 14.8. The van der Waals surface area contributed by atoms with E-state index in [0.717, 1.165) is 54.3 Å². The van der Waals surface area contributed by atoms with E-state index in [1.807, 2.05) is 0 Å². The lowest BCUT2D eigenvalue weighted by atomic mass is 10.1. The zero-order chi connectivity index (χ0) is 32.6. The molecule has 11 nitrogen and oxygen atoms in total. The van der Waals surface area contributed by atoms with E-state index in [-0.39, 0.29) is 24.8 Å². The van der Waals surface area contributed by atoms with E-state index < -0.39 is 17.7 Å². The molecule has 0 aliphatic heterocycles. The highest BCUT2D eigenvalue weighted by atomic mass is 32.2. The standard InChI is InChI=1S/C32H34FN5O6S2/c1-4-44-31(41)28-24-8-6-5-7-9-25(24)46-30(28)35-27(39)18-45-32-37-36-26(38(32)21-12-10-20(33)11-13-21)17-34-29(40)19-14-22(42-2)16-23(15-19)43-3/h10-16H,4-9,17-18H2,1-3H3,(H,34,40)(H,35,39). The summed E-state index contributed by atoms with van der Waals surface area (Å²) in [4.78, 5) is 40.3. The average Bonchev–Trinajstić information content (AvgIpc) is 3.54. The van der Waals surface area contributed by atoms with E-state index in [1.165, 1.54) is 37.7 Å². The van der Waals surface area contributed by atoms with E-state index in [4.69, 9.17) is 14.2 Å². The third-order valence-corrected chi connectivity index (χ3v) is 9.43. The molecule has 1 aliphatic rings. The Morgan fingerprint density at radius 1 is 1.00 bits per heavy atom. The molecule has 4 aromatic rings. The van der Waals surface area contributed by atoms with Crippen LogP contribution in [0.1, 0.15) is 63.2 Å². The molecule has 14 heteroatoms. The molecule has 0 saturated carbocycles. The van der Waals surface area contributed by atoms with Gasteiger partial charge in [0, 0.05) is 22.2 Å². The first kappa shape index (κ1) is 32.9. The summed E-state index contributed by atoms with van der Waals surface area (Å²) in [5.74, 6) is -0.330. The molecule has 2 aromatic carbocycles. The largest absolute Gasteiger partial charge is 0.497 e. The number of carbonyl (C=O) groups excluding carboxylic acids is 3. The highest BCUT2D eigenvalue weighted by Gasteiger charge is 2.27. The van der Waals surface area contributed by atoms with Gasteiger partial charge in [0.15, 0.2) is 11.0 Å². The van der Waals surface area contributed by atoms with Gasteiger partial charge in [-0.1, -0.05) is 18.2 Å². The lowest BCUT2D eigenvalue weighted by Gasteiger charge is -2.12. The fourth-order valence-electron chi connectivity index (χ4n) is 5.10. The molecule has 2 heterocycles. The van der Waals surface area contributed by atoms with Gasteiger partial charge in [0.2, 0.25) is 5.91 Å². The van der Waals surface area contributed by atoms with Crippen LogP contribution >= 0.6 is 23.1 Å². The van der Waals surface area contributed by atoms with Crippen LogP contribution in [0.3, 0.4) is 0 Å². The number of anilines is 1. The molecule has 0 atom stereocenters. The van der Waals surface area contributed by atoms with Crippen LogP contribution in [0.4, 0.5) is 9.39 Å².